The molecule has 23 heavy (non-hydrogen) atoms. The van der Waals surface area contributed by atoms with E-state index < -0.39 is 0 Å². The van der Waals surface area contributed by atoms with E-state index in [4.69, 9.17) is 9.47 Å². The number of halogens is 1. The first-order valence-corrected chi connectivity index (χ1v) is 8.31. The summed E-state index contributed by atoms with van der Waals surface area (Å²) in [5.74, 6) is 0.534. The lowest BCUT2D eigenvalue weighted by Gasteiger charge is -2.22. The summed E-state index contributed by atoms with van der Waals surface area (Å²) >= 11 is 3.38. The Morgan fingerprint density at radius 3 is 2.52 bits per heavy atom. The summed E-state index contributed by atoms with van der Waals surface area (Å²) in [4.78, 5) is 2.19. The van der Waals surface area contributed by atoms with Crippen molar-refractivity contribution >= 4 is 15.9 Å². The molecular formula is C18H20BrNO3. The molecule has 0 aromatic heterocycles. The van der Waals surface area contributed by atoms with Gasteiger partial charge in [-0.2, -0.15) is 0 Å². The summed E-state index contributed by atoms with van der Waals surface area (Å²) in [7, 11) is 3.59. The molecule has 122 valence electrons. The second kappa shape index (κ2) is 6.51. The molecule has 0 spiro atoms. The summed E-state index contributed by atoms with van der Waals surface area (Å²) in [6, 6.07) is 14.2. The van der Waals surface area contributed by atoms with Crippen LogP contribution in [0, 0.1) is 0 Å². The van der Waals surface area contributed by atoms with Crippen molar-refractivity contribution in [2.45, 2.75) is 25.3 Å². The van der Waals surface area contributed by atoms with Crippen molar-refractivity contribution < 1.29 is 14.6 Å². The van der Waals surface area contributed by atoms with Crippen LogP contribution in [-0.4, -0.2) is 30.2 Å². The molecule has 1 aliphatic heterocycles. The highest BCUT2D eigenvalue weighted by atomic mass is 79.9. The van der Waals surface area contributed by atoms with Crippen molar-refractivity contribution in [2.24, 2.45) is 0 Å². The minimum absolute atomic E-state index is 0.00442. The van der Waals surface area contributed by atoms with Gasteiger partial charge < -0.3 is 14.6 Å². The Hall–Kier alpha value is -1.56. The number of nitrogens with zero attached hydrogens (tertiary/aromatic N) is 1. The van der Waals surface area contributed by atoms with E-state index in [0.29, 0.717) is 10.2 Å². The van der Waals surface area contributed by atoms with Gasteiger partial charge in [0.15, 0.2) is 11.5 Å². The van der Waals surface area contributed by atoms with Gasteiger partial charge in [0.25, 0.3) is 0 Å². The van der Waals surface area contributed by atoms with E-state index in [2.05, 4.69) is 39.9 Å². The highest BCUT2D eigenvalue weighted by molar-refractivity contribution is 9.10. The lowest BCUT2D eigenvalue weighted by molar-refractivity contribution is 0.00541. The van der Waals surface area contributed by atoms with Crippen LogP contribution in [0.15, 0.2) is 46.9 Å². The molecule has 3 rings (SSSR count). The molecule has 0 radical (unpaired) electrons. The number of benzene rings is 2. The van der Waals surface area contributed by atoms with Gasteiger partial charge in [0, 0.05) is 11.6 Å². The number of hydrogen-bond acceptors (Lipinski definition) is 4. The molecule has 0 saturated carbocycles. The number of likely N-dealkylation sites (N-methyl/N-ethyl adjacent to an activating group) is 1. The SMILES string of the molecule is COc1cc(C2OC(c3ccccc3)C(C)N2C)cc(Br)c1O. The third-order valence-corrected chi connectivity index (χ3v) is 5.01. The molecule has 5 heteroatoms. The van der Waals surface area contributed by atoms with Crippen molar-refractivity contribution in [1.29, 1.82) is 0 Å². The molecule has 1 aliphatic rings. The highest BCUT2D eigenvalue weighted by Gasteiger charge is 2.39. The smallest absolute Gasteiger partial charge is 0.172 e. The number of phenols is 1. The molecule has 4 nitrogen and oxygen atoms in total. The Labute approximate surface area is 144 Å². The highest BCUT2D eigenvalue weighted by Crippen LogP contribution is 2.44. The number of aromatic hydroxyl groups is 1. The average Bonchev–Trinajstić information content (AvgIpc) is 2.87. The van der Waals surface area contributed by atoms with E-state index in [1.807, 2.05) is 37.4 Å². The molecule has 0 bridgehead atoms. The van der Waals surface area contributed by atoms with E-state index in [9.17, 15) is 5.11 Å². The van der Waals surface area contributed by atoms with Crippen LogP contribution in [0.25, 0.3) is 0 Å². The Bertz CT molecular complexity index is 692. The van der Waals surface area contributed by atoms with Crippen LogP contribution in [0.2, 0.25) is 0 Å². The predicted octanol–water partition coefficient (Wildman–Crippen LogP) is 4.25. The van der Waals surface area contributed by atoms with Gasteiger partial charge in [0.1, 0.15) is 12.3 Å². The van der Waals surface area contributed by atoms with Gasteiger partial charge in [-0.15, -0.1) is 0 Å². The van der Waals surface area contributed by atoms with Gasteiger partial charge in [-0.1, -0.05) is 30.3 Å². The van der Waals surface area contributed by atoms with Crippen LogP contribution in [0.5, 0.6) is 11.5 Å². The Morgan fingerprint density at radius 2 is 1.87 bits per heavy atom. The number of hydrogen-bond donors (Lipinski definition) is 1. The topological polar surface area (TPSA) is 41.9 Å². The molecule has 1 saturated heterocycles. The first-order valence-electron chi connectivity index (χ1n) is 7.51. The van der Waals surface area contributed by atoms with Crippen molar-refractivity contribution in [1.82, 2.24) is 4.90 Å². The third kappa shape index (κ3) is 2.96. The summed E-state index contributed by atoms with van der Waals surface area (Å²) in [5, 5.41) is 9.99. The minimum Gasteiger partial charge on any atom is -0.503 e. The fourth-order valence-electron chi connectivity index (χ4n) is 2.98. The van der Waals surface area contributed by atoms with E-state index in [-0.39, 0.29) is 24.1 Å². The fourth-order valence-corrected chi connectivity index (χ4v) is 3.44. The average molecular weight is 378 g/mol. The summed E-state index contributed by atoms with van der Waals surface area (Å²) in [6.45, 7) is 2.16. The number of methoxy groups -OCH3 is 1. The van der Waals surface area contributed by atoms with Crippen LogP contribution in [0.1, 0.15) is 30.4 Å². The zero-order chi connectivity index (χ0) is 16.6. The second-order valence-corrected chi connectivity index (χ2v) is 6.63. The van der Waals surface area contributed by atoms with Crippen LogP contribution >= 0.6 is 15.9 Å². The van der Waals surface area contributed by atoms with Gasteiger partial charge in [-0.25, -0.2) is 0 Å². The maximum atomic E-state index is 9.99. The first kappa shape index (κ1) is 16.3. The van der Waals surface area contributed by atoms with Gasteiger partial charge in [-0.05, 0) is 47.6 Å². The Balaban J connectivity index is 1.94. The largest absolute Gasteiger partial charge is 0.503 e. The van der Waals surface area contributed by atoms with Crippen molar-refractivity contribution in [3.05, 3.63) is 58.1 Å². The normalized spacial score (nSPS) is 24.8. The van der Waals surface area contributed by atoms with E-state index in [0.717, 1.165) is 5.56 Å². The zero-order valence-electron chi connectivity index (χ0n) is 13.4. The Morgan fingerprint density at radius 1 is 1.17 bits per heavy atom. The van der Waals surface area contributed by atoms with Crippen molar-refractivity contribution in [3.8, 4) is 11.5 Å². The second-order valence-electron chi connectivity index (χ2n) is 5.78. The molecular weight excluding hydrogens is 358 g/mol. The summed E-state index contributed by atoms with van der Waals surface area (Å²) in [6.07, 6.45) is -0.189. The van der Waals surface area contributed by atoms with Gasteiger partial charge in [0.05, 0.1) is 11.6 Å². The van der Waals surface area contributed by atoms with Crippen molar-refractivity contribution in [3.63, 3.8) is 0 Å². The number of rotatable bonds is 3. The maximum Gasteiger partial charge on any atom is 0.172 e. The molecule has 1 fully saturated rings. The van der Waals surface area contributed by atoms with Crippen LogP contribution in [0.4, 0.5) is 0 Å². The third-order valence-electron chi connectivity index (χ3n) is 4.41. The van der Waals surface area contributed by atoms with Crippen molar-refractivity contribution in [2.75, 3.05) is 14.2 Å². The summed E-state index contributed by atoms with van der Waals surface area (Å²) < 4.78 is 12.2. The molecule has 1 heterocycles. The molecule has 2 aromatic carbocycles. The van der Waals surface area contributed by atoms with Gasteiger partial charge in [-0.3, -0.25) is 4.90 Å². The van der Waals surface area contributed by atoms with Crippen LogP contribution in [0.3, 0.4) is 0 Å². The van der Waals surface area contributed by atoms with E-state index in [1.165, 1.54) is 5.56 Å². The quantitative estimate of drug-likeness (QED) is 0.867. The van der Waals surface area contributed by atoms with E-state index >= 15 is 0 Å². The molecule has 3 atom stereocenters. The lowest BCUT2D eigenvalue weighted by atomic mass is 10.0. The number of phenolic OH excluding ortho intramolecular Hbond substituents is 1. The zero-order valence-corrected chi connectivity index (χ0v) is 14.9. The molecule has 2 aromatic rings. The molecule has 0 aliphatic carbocycles. The van der Waals surface area contributed by atoms with Gasteiger partial charge in [0.2, 0.25) is 0 Å². The van der Waals surface area contributed by atoms with Gasteiger partial charge >= 0.3 is 0 Å². The molecule has 0 amide bonds. The summed E-state index contributed by atoms with van der Waals surface area (Å²) in [5.41, 5.74) is 2.11. The Kier molecular flexibility index (Phi) is 4.62. The van der Waals surface area contributed by atoms with E-state index in [1.54, 1.807) is 7.11 Å². The van der Waals surface area contributed by atoms with Crippen LogP contribution < -0.4 is 4.74 Å². The maximum absolute atomic E-state index is 9.99. The molecule has 3 unspecified atom stereocenters. The fraction of sp³-hybridized carbons (Fsp3) is 0.333. The first-order chi connectivity index (χ1) is 11.0. The standard InChI is InChI=1S/C18H20BrNO3/c1-11-17(12-7-5-4-6-8-12)23-18(20(11)2)13-9-14(19)16(21)15(10-13)22-3/h4-11,17-18,21H,1-3H3. The lowest BCUT2D eigenvalue weighted by Crippen LogP contribution is -2.27. The minimum atomic E-state index is -0.194. The number of ether oxygens (including phenoxy) is 2. The molecule has 1 N–H and O–H groups in total. The predicted molar refractivity (Wildman–Crippen MR) is 92.6 cm³/mol. The van der Waals surface area contributed by atoms with Crippen LogP contribution in [-0.2, 0) is 4.74 Å². The monoisotopic (exact) mass is 377 g/mol.